The van der Waals surface area contributed by atoms with Gasteiger partial charge in [0.05, 0.1) is 17.6 Å². The van der Waals surface area contributed by atoms with E-state index in [0.29, 0.717) is 31.8 Å². The Labute approximate surface area is 171 Å². The number of ether oxygens (including phenoxy) is 1. The second-order valence-electron chi connectivity index (χ2n) is 7.22. The number of nitrogens with zero attached hydrogens (tertiary/aromatic N) is 4. The Balaban J connectivity index is 1.61. The topological polar surface area (TPSA) is 58.6 Å². The van der Waals surface area contributed by atoms with E-state index in [1.165, 1.54) is 0 Å². The maximum atomic E-state index is 13.2. The van der Waals surface area contributed by atoms with Gasteiger partial charge in [0.1, 0.15) is 5.75 Å². The molecule has 0 aliphatic carbocycles. The number of rotatable bonds is 5. The molecule has 6 heteroatoms. The van der Waals surface area contributed by atoms with E-state index in [4.69, 9.17) is 14.7 Å². The van der Waals surface area contributed by atoms with E-state index >= 15 is 0 Å². The predicted octanol–water partition coefficient (Wildman–Crippen LogP) is 3.83. The maximum absolute atomic E-state index is 13.2. The van der Waals surface area contributed by atoms with Gasteiger partial charge >= 0.3 is 0 Å². The van der Waals surface area contributed by atoms with Crippen molar-refractivity contribution in [3.63, 3.8) is 0 Å². The van der Waals surface area contributed by atoms with Crippen LogP contribution < -0.4 is 14.5 Å². The van der Waals surface area contributed by atoms with Gasteiger partial charge in [-0.1, -0.05) is 30.3 Å². The molecule has 6 nitrogen and oxygen atoms in total. The normalized spacial score (nSPS) is 13.9. The van der Waals surface area contributed by atoms with Gasteiger partial charge < -0.3 is 9.64 Å². The fraction of sp³-hybridized carbons (Fsp3) is 0.348. The van der Waals surface area contributed by atoms with Gasteiger partial charge in [0, 0.05) is 26.6 Å². The van der Waals surface area contributed by atoms with Gasteiger partial charge in [-0.15, -0.1) is 0 Å². The van der Waals surface area contributed by atoms with Crippen molar-refractivity contribution in [3.8, 4) is 5.75 Å². The third-order valence-corrected chi connectivity index (χ3v) is 5.21. The van der Waals surface area contributed by atoms with Crippen molar-refractivity contribution in [2.45, 2.75) is 26.2 Å². The lowest BCUT2D eigenvalue weighted by atomic mass is 10.1. The van der Waals surface area contributed by atoms with E-state index in [1.807, 2.05) is 67.4 Å². The Morgan fingerprint density at radius 3 is 2.45 bits per heavy atom. The molecule has 0 saturated heterocycles. The van der Waals surface area contributed by atoms with Gasteiger partial charge in [0.2, 0.25) is 5.91 Å². The first kappa shape index (κ1) is 19.2. The van der Waals surface area contributed by atoms with E-state index < -0.39 is 0 Å². The minimum Gasteiger partial charge on any atom is -0.494 e. The third kappa shape index (κ3) is 4.01. The molecule has 0 unspecified atom stereocenters. The molecule has 29 heavy (non-hydrogen) atoms. The van der Waals surface area contributed by atoms with Crippen LogP contribution in [0.3, 0.4) is 0 Å². The van der Waals surface area contributed by atoms with Crippen molar-refractivity contribution in [2.24, 2.45) is 0 Å². The summed E-state index contributed by atoms with van der Waals surface area (Å²) in [5.74, 6) is 2.35. The smallest absolute Gasteiger partial charge is 0.228 e. The molecular weight excluding hydrogens is 364 g/mol. The molecule has 1 aliphatic rings. The zero-order valence-electron chi connectivity index (χ0n) is 17.0. The van der Waals surface area contributed by atoms with Crippen molar-refractivity contribution < 1.29 is 9.53 Å². The highest BCUT2D eigenvalue weighted by Crippen LogP contribution is 2.31. The van der Waals surface area contributed by atoms with Crippen molar-refractivity contribution >= 4 is 28.6 Å². The lowest BCUT2D eigenvalue weighted by molar-refractivity contribution is -0.118. The summed E-state index contributed by atoms with van der Waals surface area (Å²) in [7, 11) is 2.01. The van der Waals surface area contributed by atoms with Gasteiger partial charge in [-0.3, -0.25) is 9.69 Å². The minimum absolute atomic E-state index is 0.0671. The van der Waals surface area contributed by atoms with Crippen molar-refractivity contribution in [3.05, 3.63) is 54.1 Å². The average Bonchev–Trinajstić information content (AvgIpc) is 2.90. The van der Waals surface area contributed by atoms with Crippen LogP contribution in [0, 0.1) is 0 Å². The highest BCUT2D eigenvalue weighted by molar-refractivity contribution is 5.97. The summed E-state index contributed by atoms with van der Waals surface area (Å²) >= 11 is 0. The molecule has 2 aromatic carbocycles. The molecule has 3 aromatic rings. The van der Waals surface area contributed by atoms with Crippen LogP contribution in [0.25, 0.3) is 11.0 Å². The number of aryl methyl sites for hydroxylation is 1. The number of carbonyl (C=O) groups excluding carboxylic acids is 1. The SMILES string of the molecule is CCOc1ccccc1CCC(=O)N1CCCN(C)c2nc3ccccc3nc21. The van der Waals surface area contributed by atoms with Crippen LogP contribution in [0.1, 0.15) is 25.3 Å². The molecule has 0 saturated carbocycles. The van der Waals surface area contributed by atoms with E-state index in [2.05, 4.69) is 4.90 Å². The zero-order valence-corrected chi connectivity index (χ0v) is 17.0. The second-order valence-corrected chi connectivity index (χ2v) is 7.22. The first-order valence-electron chi connectivity index (χ1n) is 10.2. The highest BCUT2D eigenvalue weighted by Gasteiger charge is 2.26. The molecule has 0 spiro atoms. The average molecular weight is 390 g/mol. The van der Waals surface area contributed by atoms with Crippen LogP contribution in [-0.2, 0) is 11.2 Å². The number of para-hydroxylation sites is 3. The van der Waals surface area contributed by atoms with Crippen LogP contribution in [0.2, 0.25) is 0 Å². The van der Waals surface area contributed by atoms with Crippen LogP contribution in [0.4, 0.5) is 11.6 Å². The van der Waals surface area contributed by atoms with Crippen molar-refractivity contribution in [1.82, 2.24) is 9.97 Å². The molecule has 1 aromatic heterocycles. The van der Waals surface area contributed by atoms with E-state index in [1.54, 1.807) is 0 Å². The van der Waals surface area contributed by atoms with Crippen LogP contribution in [-0.4, -0.2) is 42.6 Å². The number of benzene rings is 2. The van der Waals surface area contributed by atoms with Gasteiger partial charge in [-0.2, -0.15) is 0 Å². The Morgan fingerprint density at radius 1 is 1.00 bits per heavy atom. The maximum Gasteiger partial charge on any atom is 0.228 e. The Bertz CT molecular complexity index is 1020. The van der Waals surface area contributed by atoms with Crippen molar-refractivity contribution in [1.29, 1.82) is 0 Å². The molecule has 0 fully saturated rings. The quantitative estimate of drug-likeness (QED) is 0.663. The van der Waals surface area contributed by atoms with E-state index in [0.717, 1.165) is 41.1 Å². The van der Waals surface area contributed by atoms with E-state index in [9.17, 15) is 4.79 Å². The van der Waals surface area contributed by atoms with Crippen LogP contribution in [0.5, 0.6) is 5.75 Å². The lowest BCUT2D eigenvalue weighted by Crippen LogP contribution is -2.32. The molecule has 1 amide bonds. The number of hydrogen-bond donors (Lipinski definition) is 0. The highest BCUT2D eigenvalue weighted by atomic mass is 16.5. The van der Waals surface area contributed by atoms with Crippen LogP contribution >= 0.6 is 0 Å². The number of amides is 1. The Morgan fingerprint density at radius 2 is 1.69 bits per heavy atom. The fourth-order valence-electron chi connectivity index (χ4n) is 3.72. The summed E-state index contributed by atoms with van der Waals surface area (Å²) in [6.45, 7) is 4.07. The molecule has 0 bridgehead atoms. The Kier molecular flexibility index (Phi) is 5.60. The monoisotopic (exact) mass is 390 g/mol. The summed E-state index contributed by atoms with van der Waals surface area (Å²) in [4.78, 5) is 26.7. The summed E-state index contributed by atoms with van der Waals surface area (Å²) in [6, 6.07) is 15.7. The summed E-state index contributed by atoms with van der Waals surface area (Å²) in [5, 5.41) is 0. The molecular formula is C23H26N4O2. The third-order valence-electron chi connectivity index (χ3n) is 5.21. The summed E-state index contributed by atoms with van der Waals surface area (Å²) < 4.78 is 5.70. The summed E-state index contributed by atoms with van der Waals surface area (Å²) in [6.07, 6.45) is 1.92. The number of fused-ring (bicyclic) bond motifs is 2. The Hall–Kier alpha value is -3.15. The zero-order chi connectivity index (χ0) is 20.2. The van der Waals surface area contributed by atoms with Gasteiger partial charge in [-0.25, -0.2) is 9.97 Å². The predicted molar refractivity (Wildman–Crippen MR) is 116 cm³/mol. The van der Waals surface area contributed by atoms with Crippen LogP contribution in [0.15, 0.2) is 48.5 Å². The molecule has 1 aliphatic heterocycles. The van der Waals surface area contributed by atoms with Gasteiger partial charge in [0.15, 0.2) is 11.6 Å². The molecule has 4 rings (SSSR count). The largest absolute Gasteiger partial charge is 0.494 e. The first-order chi connectivity index (χ1) is 14.2. The molecule has 0 N–H and O–H groups in total. The second kappa shape index (κ2) is 8.47. The molecule has 150 valence electrons. The molecule has 0 atom stereocenters. The van der Waals surface area contributed by atoms with E-state index in [-0.39, 0.29) is 5.91 Å². The number of anilines is 2. The molecule has 2 heterocycles. The van der Waals surface area contributed by atoms with Gasteiger partial charge in [0.25, 0.3) is 0 Å². The minimum atomic E-state index is 0.0671. The standard InChI is InChI=1S/C23H26N4O2/c1-3-29-20-12-7-4-9-17(20)13-14-21(28)27-16-8-15-26(2)22-23(27)25-19-11-6-5-10-18(19)24-22/h4-7,9-12H,3,8,13-16H2,1-2H3. The fourth-order valence-corrected chi connectivity index (χ4v) is 3.72. The lowest BCUT2D eigenvalue weighted by Gasteiger charge is -2.23. The number of aromatic nitrogens is 2. The number of hydrogen-bond acceptors (Lipinski definition) is 5. The summed E-state index contributed by atoms with van der Waals surface area (Å²) in [5.41, 5.74) is 2.71. The van der Waals surface area contributed by atoms with Gasteiger partial charge in [-0.05, 0) is 43.5 Å². The molecule has 0 radical (unpaired) electrons. The number of carbonyl (C=O) groups is 1. The first-order valence-corrected chi connectivity index (χ1v) is 10.2. The van der Waals surface area contributed by atoms with Crippen molar-refractivity contribution in [2.75, 3.05) is 36.5 Å².